The molecule has 0 radical (unpaired) electrons. The standard InChI is InChI=1S/C20H21N3O5/c1-26-16-5-3-15(4-6-16)23-11-14(9-19(23)24)22-20(25)21-10-13-2-7-17-18(8-13)28-12-27-17/h2-8,14H,9-12H2,1H3,(H2,21,22,25). The van der Waals surface area contributed by atoms with Gasteiger partial charge in [-0.25, -0.2) is 4.79 Å². The monoisotopic (exact) mass is 383 g/mol. The fourth-order valence-electron chi connectivity index (χ4n) is 3.29. The van der Waals surface area contributed by atoms with Gasteiger partial charge in [-0.3, -0.25) is 4.79 Å². The Morgan fingerprint density at radius 1 is 1.18 bits per heavy atom. The van der Waals surface area contributed by atoms with E-state index < -0.39 is 0 Å². The molecule has 2 aromatic rings. The zero-order chi connectivity index (χ0) is 19.5. The second-order valence-corrected chi connectivity index (χ2v) is 6.62. The van der Waals surface area contributed by atoms with Crippen LogP contribution in [-0.2, 0) is 11.3 Å². The van der Waals surface area contributed by atoms with Crippen molar-refractivity contribution in [3.63, 3.8) is 0 Å². The van der Waals surface area contributed by atoms with E-state index in [0.717, 1.165) is 17.0 Å². The summed E-state index contributed by atoms with van der Waals surface area (Å²) >= 11 is 0. The van der Waals surface area contributed by atoms with Crippen molar-refractivity contribution in [2.24, 2.45) is 0 Å². The number of anilines is 1. The fraction of sp³-hybridized carbons (Fsp3) is 0.300. The first-order valence-corrected chi connectivity index (χ1v) is 8.99. The van der Waals surface area contributed by atoms with Gasteiger partial charge in [0, 0.05) is 25.2 Å². The maximum atomic E-state index is 12.3. The van der Waals surface area contributed by atoms with Crippen LogP contribution in [-0.4, -0.2) is 38.4 Å². The van der Waals surface area contributed by atoms with E-state index in [4.69, 9.17) is 14.2 Å². The number of ether oxygens (including phenoxy) is 3. The molecule has 4 rings (SSSR count). The SMILES string of the molecule is COc1ccc(N2CC(NC(=O)NCc3ccc4c(c3)OCO4)CC2=O)cc1. The quantitative estimate of drug-likeness (QED) is 0.825. The molecule has 0 saturated carbocycles. The number of carbonyl (C=O) groups excluding carboxylic acids is 2. The van der Waals surface area contributed by atoms with Gasteiger partial charge < -0.3 is 29.7 Å². The molecule has 0 aliphatic carbocycles. The van der Waals surface area contributed by atoms with Crippen LogP contribution < -0.4 is 29.7 Å². The summed E-state index contributed by atoms with van der Waals surface area (Å²) in [5.41, 5.74) is 1.69. The molecule has 0 spiro atoms. The average molecular weight is 383 g/mol. The van der Waals surface area contributed by atoms with Crippen molar-refractivity contribution in [1.29, 1.82) is 0 Å². The van der Waals surface area contributed by atoms with Crippen LogP contribution >= 0.6 is 0 Å². The van der Waals surface area contributed by atoms with Crippen LogP contribution in [0.5, 0.6) is 17.2 Å². The van der Waals surface area contributed by atoms with E-state index in [1.165, 1.54) is 0 Å². The Kier molecular flexibility index (Phi) is 4.92. The number of hydrogen-bond donors (Lipinski definition) is 2. The summed E-state index contributed by atoms with van der Waals surface area (Å²) in [6, 6.07) is 12.3. The van der Waals surface area contributed by atoms with E-state index in [1.807, 2.05) is 30.3 Å². The smallest absolute Gasteiger partial charge is 0.315 e. The number of benzene rings is 2. The molecule has 146 valence electrons. The number of amides is 3. The minimum Gasteiger partial charge on any atom is -0.497 e. The van der Waals surface area contributed by atoms with E-state index in [0.29, 0.717) is 24.6 Å². The fourth-order valence-corrected chi connectivity index (χ4v) is 3.29. The van der Waals surface area contributed by atoms with Crippen LogP contribution in [0.2, 0.25) is 0 Å². The van der Waals surface area contributed by atoms with Crippen LogP contribution in [0.1, 0.15) is 12.0 Å². The van der Waals surface area contributed by atoms with E-state index in [1.54, 1.807) is 24.1 Å². The van der Waals surface area contributed by atoms with Gasteiger partial charge in [-0.05, 0) is 42.0 Å². The van der Waals surface area contributed by atoms with E-state index in [-0.39, 0.29) is 31.2 Å². The first-order chi connectivity index (χ1) is 13.6. The molecule has 2 aromatic carbocycles. The number of methoxy groups -OCH3 is 1. The predicted octanol–water partition coefficient (Wildman–Crippen LogP) is 2.03. The third kappa shape index (κ3) is 3.80. The molecular formula is C20H21N3O5. The Morgan fingerprint density at radius 3 is 2.75 bits per heavy atom. The van der Waals surface area contributed by atoms with Crippen LogP contribution in [0.4, 0.5) is 10.5 Å². The lowest BCUT2D eigenvalue weighted by atomic mass is 10.2. The van der Waals surface area contributed by atoms with Crippen LogP contribution in [0, 0.1) is 0 Å². The largest absolute Gasteiger partial charge is 0.497 e. The third-order valence-corrected chi connectivity index (χ3v) is 4.73. The van der Waals surface area contributed by atoms with Crippen LogP contribution in [0.15, 0.2) is 42.5 Å². The number of rotatable bonds is 5. The molecule has 1 unspecified atom stereocenters. The molecule has 0 aromatic heterocycles. The normalized spacial score (nSPS) is 17.5. The van der Waals surface area contributed by atoms with Crippen LogP contribution in [0.25, 0.3) is 0 Å². The molecular weight excluding hydrogens is 362 g/mol. The van der Waals surface area contributed by atoms with Gasteiger partial charge in [-0.2, -0.15) is 0 Å². The molecule has 1 fully saturated rings. The highest BCUT2D eigenvalue weighted by molar-refractivity contribution is 5.96. The molecule has 28 heavy (non-hydrogen) atoms. The number of fused-ring (bicyclic) bond motifs is 1. The number of nitrogens with one attached hydrogen (secondary N) is 2. The Labute approximate surface area is 162 Å². The average Bonchev–Trinajstić information content (AvgIpc) is 3.32. The van der Waals surface area contributed by atoms with Gasteiger partial charge in [0.15, 0.2) is 11.5 Å². The zero-order valence-electron chi connectivity index (χ0n) is 15.4. The first-order valence-electron chi connectivity index (χ1n) is 8.99. The molecule has 8 nitrogen and oxygen atoms in total. The third-order valence-electron chi connectivity index (χ3n) is 4.73. The Bertz CT molecular complexity index is 884. The van der Waals surface area contributed by atoms with Crippen molar-refractivity contribution in [3.8, 4) is 17.2 Å². The summed E-state index contributed by atoms with van der Waals surface area (Å²) in [5.74, 6) is 2.09. The molecule has 2 heterocycles. The summed E-state index contributed by atoms with van der Waals surface area (Å²) < 4.78 is 15.7. The summed E-state index contributed by atoms with van der Waals surface area (Å²) in [4.78, 5) is 26.2. The highest BCUT2D eigenvalue weighted by Crippen LogP contribution is 2.32. The van der Waals surface area contributed by atoms with Crippen molar-refractivity contribution in [1.82, 2.24) is 10.6 Å². The topological polar surface area (TPSA) is 89.1 Å². The summed E-state index contributed by atoms with van der Waals surface area (Å²) in [6.45, 7) is 1.00. The van der Waals surface area contributed by atoms with Gasteiger partial charge in [0.05, 0.1) is 13.2 Å². The molecule has 0 bridgehead atoms. The van der Waals surface area contributed by atoms with Gasteiger partial charge >= 0.3 is 6.03 Å². The lowest BCUT2D eigenvalue weighted by Gasteiger charge is -2.18. The lowest BCUT2D eigenvalue weighted by Crippen LogP contribution is -2.43. The van der Waals surface area contributed by atoms with Gasteiger partial charge in [-0.1, -0.05) is 6.07 Å². The summed E-state index contributed by atoms with van der Waals surface area (Å²) in [5, 5.41) is 5.67. The summed E-state index contributed by atoms with van der Waals surface area (Å²) in [6.07, 6.45) is 0.267. The molecule has 1 atom stereocenters. The number of carbonyl (C=O) groups is 2. The molecule has 8 heteroatoms. The number of nitrogens with zero attached hydrogens (tertiary/aromatic N) is 1. The van der Waals surface area contributed by atoms with Gasteiger partial charge in [0.25, 0.3) is 0 Å². The minimum atomic E-state index is -0.313. The zero-order valence-corrected chi connectivity index (χ0v) is 15.4. The second-order valence-electron chi connectivity index (χ2n) is 6.62. The highest BCUT2D eigenvalue weighted by Gasteiger charge is 2.31. The Hall–Kier alpha value is -3.42. The summed E-state index contributed by atoms with van der Waals surface area (Å²) in [7, 11) is 1.60. The van der Waals surface area contributed by atoms with Crippen molar-refractivity contribution < 1.29 is 23.8 Å². The minimum absolute atomic E-state index is 0.0220. The van der Waals surface area contributed by atoms with E-state index in [2.05, 4.69) is 10.6 Å². The highest BCUT2D eigenvalue weighted by atomic mass is 16.7. The lowest BCUT2D eigenvalue weighted by molar-refractivity contribution is -0.117. The number of hydrogen-bond acceptors (Lipinski definition) is 5. The van der Waals surface area contributed by atoms with Crippen molar-refractivity contribution in [2.75, 3.05) is 25.3 Å². The Morgan fingerprint density at radius 2 is 1.96 bits per heavy atom. The van der Waals surface area contributed by atoms with E-state index in [9.17, 15) is 9.59 Å². The van der Waals surface area contributed by atoms with Crippen molar-refractivity contribution >= 4 is 17.6 Å². The van der Waals surface area contributed by atoms with E-state index >= 15 is 0 Å². The Balaban J connectivity index is 1.29. The van der Waals surface area contributed by atoms with Crippen molar-refractivity contribution in [2.45, 2.75) is 19.0 Å². The van der Waals surface area contributed by atoms with Gasteiger partial charge in [0.2, 0.25) is 12.7 Å². The van der Waals surface area contributed by atoms with Gasteiger partial charge in [0.1, 0.15) is 5.75 Å². The maximum Gasteiger partial charge on any atom is 0.315 e. The first kappa shape index (κ1) is 18.0. The molecule has 2 aliphatic rings. The number of urea groups is 1. The predicted molar refractivity (Wildman–Crippen MR) is 102 cm³/mol. The second kappa shape index (κ2) is 7.67. The molecule has 3 amide bonds. The van der Waals surface area contributed by atoms with Gasteiger partial charge in [-0.15, -0.1) is 0 Å². The maximum absolute atomic E-state index is 12.3. The van der Waals surface area contributed by atoms with Crippen molar-refractivity contribution in [3.05, 3.63) is 48.0 Å². The molecule has 2 aliphatic heterocycles. The molecule has 1 saturated heterocycles. The van der Waals surface area contributed by atoms with Crippen LogP contribution in [0.3, 0.4) is 0 Å². The molecule has 2 N–H and O–H groups in total.